The largest absolute Gasteiger partial charge is 0.505 e. The van der Waals surface area contributed by atoms with Crippen LogP contribution in [-0.2, 0) is 6.42 Å². The fourth-order valence-corrected chi connectivity index (χ4v) is 1.29. The van der Waals surface area contributed by atoms with Gasteiger partial charge in [0, 0.05) is 0 Å². The second kappa shape index (κ2) is 3.56. The van der Waals surface area contributed by atoms with Gasteiger partial charge in [0.2, 0.25) is 5.82 Å². The average molecular weight is 200 g/mol. The van der Waals surface area contributed by atoms with Crippen LogP contribution in [0.5, 0.6) is 5.75 Å². The van der Waals surface area contributed by atoms with Crippen LogP contribution in [0.1, 0.15) is 26.3 Å². The first-order valence-electron chi connectivity index (χ1n) is 4.47. The highest BCUT2D eigenvalue weighted by atomic mass is 19.2. The second-order valence-corrected chi connectivity index (χ2v) is 4.61. The quantitative estimate of drug-likeness (QED) is 0.737. The van der Waals surface area contributed by atoms with E-state index in [1.807, 2.05) is 20.8 Å². The topological polar surface area (TPSA) is 20.2 Å². The van der Waals surface area contributed by atoms with E-state index in [-0.39, 0.29) is 5.41 Å². The summed E-state index contributed by atoms with van der Waals surface area (Å²) in [5.74, 6) is -2.74. The molecule has 0 unspecified atom stereocenters. The van der Waals surface area contributed by atoms with Crippen LogP contribution in [0.2, 0.25) is 0 Å². The van der Waals surface area contributed by atoms with E-state index >= 15 is 0 Å². The molecule has 0 aromatic heterocycles. The lowest BCUT2D eigenvalue weighted by molar-refractivity contribution is 0.372. The lowest BCUT2D eigenvalue weighted by Gasteiger charge is -2.18. The first-order valence-corrected chi connectivity index (χ1v) is 4.47. The van der Waals surface area contributed by atoms with Crippen LogP contribution in [0.25, 0.3) is 0 Å². The Morgan fingerprint density at radius 1 is 1.21 bits per heavy atom. The average Bonchev–Trinajstić information content (AvgIpc) is 2.04. The molecule has 0 saturated carbocycles. The van der Waals surface area contributed by atoms with Gasteiger partial charge < -0.3 is 5.11 Å². The molecule has 0 atom stereocenters. The Bertz CT molecular complexity index is 340. The van der Waals surface area contributed by atoms with E-state index in [1.165, 1.54) is 6.07 Å². The number of benzene rings is 1. The van der Waals surface area contributed by atoms with Crippen molar-refractivity contribution in [2.45, 2.75) is 27.2 Å². The Balaban J connectivity index is 3.06. The highest BCUT2D eigenvalue weighted by molar-refractivity contribution is 5.35. The number of hydrogen-bond acceptors (Lipinski definition) is 1. The summed E-state index contributed by atoms with van der Waals surface area (Å²) in [4.78, 5) is 0. The van der Waals surface area contributed by atoms with E-state index in [2.05, 4.69) is 0 Å². The summed E-state index contributed by atoms with van der Waals surface area (Å²) < 4.78 is 25.6. The third-order valence-corrected chi connectivity index (χ3v) is 1.87. The maximum atomic E-state index is 12.9. The van der Waals surface area contributed by atoms with Crippen LogP contribution in [0.15, 0.2) is 12.1 Å². The van der Waals surface area contributed by atoms with E-state index in [1.54, 1.807) is 0 Å². The number of phenolic OH excluding ortho intramolecular Hbond substituents is 1. The van der Waals surface area contributed by atoms with Gasteiger partial charge in [-0.25, -0.2) is 4.39 Å². The summed E-state index contributed by atoms with van der Waals surface area (Å²) in [5, 5.41) is 9.33. The third kappa shape index (κ3) is 2.44. The van der Waals surface area contributed by atoms with Crippen molar-refractivity contribution in [3.05, 3.63) is 29.3 Å². The number of aromatic hydroxyl groups is 1. The van der Waals surface area contributed by atoms with Crippen LogP contribution in [0.4, 0.5) is 8.78 Å². The summed E-state index contributed by atoms with van der Waals surface area (Å²) in [7, 11) is 0. The van der Waals surface area contributed by atoms with E-state index in [9.17, 15) is 13.9 Å². The Kier molecular flexibility index (Phi) is 2.79. The molecule has 0 spiro atoms. The molecule has 0 aliphatic carbocycles. The van der Waals surface area contributed by atoms with Crippen molar-refractivity contribution in [2.75, 3.05) is 0 Å². The van der Waals surface area contributed by atoms with Gasteiger partial charge in [-0.3, -0.25) is 0 Å². The molecule has 1 aromatic rings. The summed E-state index contributed by atoms with van der Waals surface area (Å²) in [6.07, 6.45) is 0.510. The summed E-state index contributed by atoms with van der Waals surface area (Å²) >= 11 is 0. The van der Waals surface area contributed by atoms with Crippen molar-refractivity contribution in [2.24, 2.45) is 5.41 Å². The van der Waals surface area contributed by atoms with Crippen molar-refractivity contribution >= 4 is 0 Å². The molecule has 0 radical (unpaired) electrons. The molecule has 0 saturated heterocycles. The predicted octanol–water partition coefficient (Wildman–Crippen LogP) is 3.26. The summed E-state index contributed by atoms with van der Waals surface area (Å²) in [5.41, 5.74) is 0.373. The summed E-state index contributed by atoms with van der Waals surface area (Å²) in [6, 6.07) is 2.45. The minimum Gasteiger partial charge on any atom is -0.505 e. The van der Waals surface area contributed by atoms with Gasteiger partial charge in [-0.2, -0.15) is 4.39 Å². The zero-order chi connectivity index (χ0) is 10.9. The second-order valence-electron chi connectivity index (χ2n) is 4.61. The molecule has 1 N–H and O–H groups in total. The number of phenols is 1. The van der Waals surface area contributed by atoms with Gasteiger partial charge in [0.1, 0.15) is 0 Å². The molecule has 1 aromatic carbocycles. The molecule has 14 heavy (non-hydrogen) atoms. The van der Waals surface area contributed by atoms with Crippen molar-refractivity contribution < 1.29 is 13.9 Å². The van der Waals surface area contributed by atoms with Crippen molar-refractivity contribution in [3.8, 4) is 5.75 Å². The first-order chi connectivity index (χ1) is 6.31. The Hall–Kier alpha value is -1.12. The Morgan fingerprint density at radius 3 is 2.29 bits per heavy atom. The zero-order valence-corrected chi connectivity index (χ0v) is 8.56. The Morgan fingerprint density at radius 2 is 1.79 bits per heavy atom. The summed E-state index contributed by atoms with van der Waals surface area (Å²) in [6.45, 7) is 5.90. The smallest absolute Gasteiger partial charge is 0.200 e. The molecule has 1 nitrogen and oxygen atoms in total. The maximum Gasteiger partial charge on any atom is 0.200 e. The van der Waals surface area contributed by atoms with Gasteiger partial charge in [-0.15, -0.1) is 0 Å². The molecule has 0 bridgehead atoms. The highest BCUT2D eigenvalue weighted by Gasteiger charge is 2.17. The van der Waals surface area contributed by atoms with Gasteiger partial charge in [0.25, 0.3) is 0 Å². The van der Waals surface area contributed by atoms with E-state index in [0.717, 1.165) is 6.07 Å². The fourth-order valence-electron chi connectivity index (χ4n) is 1.29. The number of rotatable bonds is 1. The van der Waals surface area contributed by atoms with Crippen molar-refractivity contribution in [1.82, 2.24) is 0 Å². The lowest BCUT2D eigenvalue weighted by Crippen LogP contribution is -2.09. The number of hydrogen-bond donors (Lipinski definition) is 1. The predicted molar refractivity (Wildman–Crippen MR) is 51.2 cm³/mol. The molecule has 0 aliphatic heterocycles. The zero-order valence-electron chi connectivity index (χ0n) is 8.56. The third-order valence-electron chi connectivity index (χ3n) is 1.87. The molecular weight excluding hydrogens is 186 g/mol. The molecule has 78 valence electrons. The van der Waals surface area contributed by atoms with Crippen molar-refractivity contribution in [1.29, 1.82) is 0 Å². The molecule has 1 rings (SSSR count). The molecule has 3 heteroatoms. The minimum atomic E-state index is -1.16. The maximum absolute atomic E-state index is 12.9. The number of halogens is 2. The van der Waals surface area contributed by atoms with Gasteiger partial charge in [0.05, 0.1) is 0 Å². The van der Waals surface area contributed by atoms with Crippen LogP contribution in [0.3, 0.4) is 0 Å². The fraction of sp³-hybridized carbons (Fsp3) is 0.455. The van der Waals surface area contributed by atoms with E-state index < -0.39 is 17.4 Å². The molecule has 0 heterocycles. The Labute approximate surface area is 82.4 Å². The SMILES string of the molecule is CC(C)(C)Cc1ccc(F)c(F)c1O. The van der Waals surface area contributed by atoms with Gasteiger partial charge in [0.15, 0.2) is 11.6 Å². The van der Waals surface area contributed by atoms with Gasteiger partial charge >= 0.3 is 0 Å². The van der Waals surface area contributed by atoms with Gasteiger partial charge in [-0.1, -0.05) is 26.8 Å². The standard InChI is InChI=1S/C11H14F2O/c1-11(2,3)6-7-4-5-8(12)9(13)10(7)14/h4-5,14H,6H2,1-3H3. The molecule has 0 aliphatic rings. The molecular formula is C11H14F2O. The monoisotopic (exact) mass is 200 g/mol. The van der Waals surface area contributed by atoms with Crippen molar-refractivity contribution in [3.63, 3.8) is 0 Å². The minimum absolute atomic E-state index is 0.0677. The van der Waals surface area contributed by atoms with E-state index in [4.69, 9.17) is 0 Å². The highest BCUT2D eigenvalue weighted by Crippen LogP contribution is 2.29. The molecule has 0 fully saturated rings. The normalized spacial score (nSPS) is 11.8. The van der Waals surface area contributed by atoms with Crippen LogP contribution >= 0.6 is 0 Å². The molecule has 0 amide bonds. The lowest BCUT2D eigenvalue weighted by atomic mass is 9.88. The van der Waals surface area contributed by atoms with Crippen LogP contribution in [0, 0.1) is 17.0 Å². The van der Waals surface area contributed by atoms with E-state index in [0.29, 0.717) is 12.0 Å². The van der Waals surface area contributed by atoms with Crippen LogP contribution in [-0.4, -0.2) is 5.11 Å². The van der Waals surface area contributed by atoms with Crippen LogP contribution < -0.4 is 0 Å². The first kappa shape index (κ1) is 11.0. The van der Waals surface area contributed by atoms with Gasteiger partial charge in [-0.05, 0) is 23.5 Å².